The van der Waals surface area contributed by atoms with Crippen molar-refractivity contribution >= 4 is 35.8 Å². The summed E-state index contributed by atoms with van der Waals surface area (Å²) in [5, 5.41) is 30.4. The molecule has 0 spiro atoms. The van der Waals surface area contributed by atoms with Crippen molar-refractivity contribution < 1.29 is 58.3 Å². The maximum atomic E-state index is 13.8. The highest BCUT2D eigenvalue weighted by molar-refractivity contribution is 5.89. The molecular weight excluding hydrogens is 1270 g/mol. The maximum absolute atomic E-state index is 13.8. The fourth-order valence-electron chi connectivity index (χ4n) is 16.3. The summed E-state index contributed by atoms with van der Waals surface area (Å²) in [7, 11) is 0. The predicted molar refractivity (Wildman–Crippen MR) is 392 cm³/mol. The van der Waals surface area contributed by atoms with Crippen LogP contribution in [0.3, 0.4) is 0 Å². The van der Waals surface area contributed by atoms with Crippen LogP contribution < -0.4 is 9.47 Å². The number of hydrogen-bond acceptors (Lipinski definition) is 9. The van der Waals surface area contributed by atoms with E-state index in [0.29, 0.717) is 11.5 Å². The molecule has 12 heteroatoms. The number of carboxylic acids is 3. The number of benzene rings is 11. The van der Waals surface area contributed by atoms with E-state index in [2.05, 4.69) is 12.1 Å². The molecule has 11 aromatic carbocycles. The number of para-hydroxylation sites is 1. The standard InChI is InChI=1S/C30H30O4.2C30H24O4/c2*31-29(32)27-25(21-14-6-2-7-15-21)28(26(27)22-16-8-3-9-17-22)30(33)34-24-19-11-10-18-23(24)20-12-4-1-5-13-20;31-29(32)27-25(21-13-6-2-7-14-21)28(26(27)22-15-8-3-9-16-22)30(33)34-24-18-10-17-23(19-24)20-11-4-1-5-12-20/h1-9,12-17,23-28H,10-11,18-19H2,(H,31,32);2*1-19,25-28H,(H,31,32)/t23?,24-,25+,26+,27?,28?;2*25-,26-,27?,28?/m000/s1. The van der Waals surface area contributed by atoms with Crippen LogP contribution >= 0.6 is 0 Å². The van der Waals surface area contributed by atoms with E-state index in [4.69, 9.17) is 14.2 Å². The predicted octanol–water partition coefficient (Wildman–Crippen LogP) is 18.5. The molecule has 102 heavy (non-hydrogen) atoms. The maximum Gasteiger partial charge on any atom is 0.315 e. The molecular formula is C90H78O12. The molecule has 0 heterocycles. The second-order valence-corrected chi connectivity index (χ2v) is 26.7. The van der Waals surface area contributed by atoms with E-state index < -0.39 is 101 Å². The number of hydrogen-bond donors (Lipinski definition) is 3. The largest absolute Gasteiger partial charge is 0.481 e. The molecule has 12 nitrogen and oxygen atoms in total. The number of carbonyl (C=O) groups excluding carboxylic acids is 3. The van der Waals surface area contributed by atoms with Crippen LogP contribution in [0.5, 0.6) is 11.5 Å². The molecule has 4 aliphatic rings. The molecule has 4 saturated carbocycles. The zero-order chi connectivity index (χ0) is 70.5. The first kappa shape index (κ1) is 68.8. The van der Waals surface area contributed by atoms with Crippen LogP contribution in [0.1, 0.15) is 106 Å². The number of carboxylic acid groups (broad SMARTS) is 3. The van der Waals surface area contributed by atoms with Gasteiger partial charge < -0.3 is 29.5 Å². The molecule has 1 unspecified atom stereocenters. The molecule has 8 atom stereocenters. The molecule has 11 aromatic rings. The normalized spacial score (nSPS) is 23.7. The van der Waals surface area contributed by atoms with E-state index in [1.807, 2.05) is 297 Å². The number of rotatable bonds is 18. The van der Waals surface area contributed by atoms with E-state index in [1.54, 1.807) is 12.1 Å². The van der Waals surface area contributed by atoms with Gasteiger partial charge in [0.1, 0.15) is 17.6 Å². The minimum absolute atomic E-state index is 0.180. The summed E-state index contributed by atoms with van der Waals surface area (Å²) >= 11 is 0. The smallest absolute Gasteiger partial charge is 0.315 e. The summed E-state index contributed by atoms with van der Waals surface area (Å²) < 4.78 is 18.1. The van der Waals surface area contributed by atoms with Crippen molar-refractivity contribution in [1.29, 1.82) is 0 Å². The summed E-state index contributed by atoms with van der Waals surface area (Å²) in [5.41, 5.74) is 10.0. The molecule has 0 saturated heterocycles. The van der Waals surface area contributed by atoms with Gasteiger partial charge in [-0.05, 0) is 93.1 Å². The van der Waals surface area contributed by atoms with Crippen molar-refractivity contribution in [3.8, 4) is 33.8 Å². The van der Waals surface area contributed by atoms with Gasteiger partial charge in [0.15, 0.2) is 0 Å². The fourth-order valence-corrected chi connectivity index (χ4v) is 16.3. The Morgan fingerprint density at radius 2 is 0.578 bits per heavy atom. The lowest BCUT2D eigenvalue weighted by Crippen LogP contribution is -2.52. The first-order valence-electron chi connectivity index (χ1n) is 34.9. The SMILES string of the molecule is O=C(O)C1[C@@H](c2ccccc2)C(C(=O)O[C@H]2CCCCC2c2ccccc2)[C@@H]1c1ccccc1.O=C(O)C1[C@H](c2ccccc2)C(C(=O)Oc2cccc(-c3ccccc3)c2)[C@H]1c1ccccc1.O=C(O)C1[C@H](c2ccccc2)C(C(=O)Oc2ccccc2-c2ccccc2)[C@H]1c1ccccc1. The summed E-state index contributed by atoms with van der Waals surface area (Å²) in [6, 6.07) is 102. The van der Waals surface area contributed by atoms with Crippen molar-refractivity contribution in [2.24, 2.45) is 35.5 Å². The lowest BCUT2D eigenvalue weighted by atomic mass is 9.52. The van der Waals surface area contributed by atoms with Crippen molar-refractivity contribution in [2.45, 2.75) is 73.2 Å². The molecule has 0 amide bonds. The van der Waals surface area contributed by atoms with Gasteiger partial charge in [-0.3, -0.25) is 28.8 Å². The average molecular weight is 1350 g/mol. The summed E-state index contributed by atoms with van der Waals surface area (Å²) in [6.07, 6.45) is 3.81. The van der Waals surface area contributed by atoms with E-state index in [1.165, 1.54) is 5.56 Å². The van der Waals surface area contributed by atoms with Crippen LogP contribution in [-0.2, 0) is 33.5 Å². The Bertz CT molecular complexity index is 4480. The van der Waals surface area contributed by atoms with E-state index in [9.17, 15) is 44.1 Å². The Balaban J connectivity index is 0.000000137. The van der Waals surface area contributed by atoms with Crippen LogP contribution in [-0.4, -0.2) is 57.2 Å². The Morgan fingerprint density at radius 1 is 0.275 bits per heavy atom. The molecule has 3 N–H and O–H groups in total. The molecule has 0 radical (unpaired) electrons. The molecule has 510 valence electrons. The van der Waals surface area contributed by atoms with Gasteiger partial charge in [0.05, 0.1) is 35.5 Å². The van der Waals surface area contributed by atoms with Gasteiger partial charge in [-0.15, -0.1) is 0 Å². The van der Waals surface area contributed by atoms with Crippen molar-refractivity contribution in [3.63, 3.8) is 0 Å². The third-order valence-electron chi connectivity index (χ3n) is 21.0. The van der Waals surface area contributed by atoms with E-state index in [-0.39, 0.29) is 18.0 Å². The minimum atomic E-state index is -0.906. The van der Waals surface area contributed by atoms with Crippen LogP contribution in [0.2, 0.25) is 0 Å². The zero-order valence-corrected chi connectivity index (χ0v) is 56.0. The molecule has 0 bridgehead atoms. The van der Waals surface area contributed by atoms with Crippen LogP contribution in [0, 0.1) is 35.5 Å². The lowest BCUT2D eigenvalue weighted by molar-refractivity contribution is -0.170. The molecule has 15 rings (SSSR count). The number of carbonyl (C=O) groups is 6. The van der Waals surface area contributed by atoms with Crippen LogP contribution in [0.25, 0.3) is 22.3 Å². The van der Waals surface area contributed by atoms with Gasteiger partial charge in [0, 0.05) is 47.0 Å². The Kier molecular flexibility index (Phi) is 21.6. The topological polar surface area (TPSA) is 191 Å². The Labute approximate surface area is 593 Å². The van der Waals surface area contributed by atoms with Gasteiger partial charge in [-0.2, -0.15) is 0 Å². The highest BCUT2D eigenvalue weighted by Gasteiger charge is 2.62. The van der Waals surface area contributed by atoms with E-state index in [0.717, 1.165) is 81.3 Å². The Morgan fingerprint density at radius 3 is 0.961 bits per heavy atom. The monoisotopic (exact) mass is 1350 g/mol. The zero-order valence-electron chi connectivity index (χ0n) is 56.0. The molecule has 4 fully saturated rings. The van der Waals surface area contributed by atoms with Gasteiger partial charge in [0.2, 0.25) is 0 Å². The number of esters is 3. The highest BCUT2D eigenvalue weighted by atomic mass is 16.5. The van der Waals surface area contributed by atoms with Gasteiger partial charge >= 0.3 is 35.8 Å². The fraction of sp³-hybridized carbons (Fsp3) is 0.200. The van der Waals surface area contributed by atoms with Crippen molar-refractivity contribution in [2.75, 3.05) is 0 Å². The number of aliphatic carboxylic acids is 3. The first-order chi connectivity index (χ1) is 49.9. The second-order valence-electron chi connectivity index (χ2n) is 26.7. The third kappa shape index (κ3) is 14.9. The third-order valence-corrected chi connectivity index (χ3v) is 21.0. The Hall–Kier alpha value is -11.8. The minimum Gasteiger partial charge on any atom is -0.481 e. The average Bonchev–Trinajstić information content (AvgIpc) is 0.736. The summed E-state index contributed by atoms with van der Waals surface area (Å²) in [5.74, 6) is -9.20. The van der Waals surface area contributed by atoms with Gasteiger partial charge in [0.25, 0.3) is 0 Å². The van der Waals surface area contributed by atoms with Gasteiger partial charge in [-0.1, -0.05) is 310 Å². The second kappa shape index (κ2) is 32.1. The molecule has 0 aliphatic heterocycles. The quantitative estimate of drug-likeness (QED) is 0.0545. The van der Waals surface area contributed by atoms with Crippen LogP contribution in [0.4, 0.5) is 0 Å². The highest BCUT2D eigenvalue weighted by Crippen LogP contribution is 2.61. The number of ether oxygens (including phenoxy) is 3. The van der Waals surface area contributed by atoms with Crippen molar-refractivity contribution in [1.82, 2.24) is 0 Å². The van der Waals surface area contributed by atoms with E-state index >= 15 is 0 Å². The first-order valence-corrected chi connectivity index (χ1v) is 34.9. The lowest BCUT2D eigenvalue weighted by Gasteiger charge is -2.49. The van der Waals surface area contributed by atoms with Crippen LogP contribution in [0.15, 0.2) is 322 Å². The van der Waals surface area contributed by atoms with Crippen molar-refractivity contribution in [3.05, 3.63) is 360 Å². The summed E-state index contributed by atoms with van der Waals surface area (Å²) in [6.45, 7) is 0. The van der Waals surface area contributed by atoms with Gasteiger partial charge in [-0.25, -0.2) is 0 Å². The molecule has 0 aromatic heterocycles. The molecule has 4 aliphatic carbocycles. The summed E-state index contributed by atoms with van der Waals surface area (Å²) in [4.78, 5) is 78.1.